The Kier molecular flexibility index (Phi) is 7.52. The van der Waals surface area contributed by atoms with Crippen molar-refractivity contribution >= 4 is 15.9 Å². The molecule has 2 rings (SSSR count). The normalized spacial score (nSPS) is 11.1. The predicted octanol–water partition coefficient (Wildman–Crippen LogP) is 0.702. The minimum absolute atomic E-state index is 0.112. The van der Waals surface area contributed by atoms with Gasteiger partial charge in [-0.2, -0.15) is 0 Å². The van der Waals surface area contributed by atoms with Gasteiger partial charge < -0.3 is 14.8 Å². The van der Waals surface area contributed by atoms with Crippen LogP contribution in [-0.4, -0.2) is 46.2 Å². The lowest BCUT2D eigenvalue weighted by molar-refractivity contribution is -0.123. The maximum absolute atomic E-state index is 12.0. The van der Waals surface area contributed by atoms with E-state index in [4.69, 9.17) is 9.47 Å². The van der Waals surface area contributed by atoms with Gasteiger partial charge in [0.2, 0.25) is 10.0 Å². The number of hydrogen-bond donors (Lipinski definition) is 2. The van der Waals surface area contributed by atoms with Gasteiger partial charge >= 0.3 is 0 Å². The molecule has 140 valence electrons. The molecule has 9 heteroatoms. The van der Waals surface area contributed by atoms with Crippen LogP contribution >= 0.6 is 0 Å². The lowest BCUT2D eigenvalue weighted by atomic mass is 10.3. The molecule has 0 unspecified atom stereocenters. The second-order valence-corrected chi connectivity index (χ2v) is 7.02. The third-order valence-corrected chi connectivity index (χ3v) is 4.77. The van der Waals surface area contributed by atoms with Crippen molar-refractivity contribution in [2.75, 3.05) is 26.9 Å². The van der Waals surface area contributed by atoms with Crippen LogP contribution in [0.15, 0.2) is 53.6 Å². The summed E-state index contributed by atoms with van der Waals surface area (Å²) in [6.07, 6.45) is 1.65. The molecule has 1 aromatic heterocycles. The lowest BCUT2D eigenvalue weighted by Crippen LogP contribution is -2.28. The molecule has 1 amide bonds. The Morgan fingerprint density at radius 3 is 2.58 bits per heavy atom. The number of pyridine rings is 1. The minimum atomic E-state index is -3.59. The Morgan fingerprint density at radius 1 is 1.15 bits per heavy atom. The minimum Gasteiger partial charge on any atom is -0.484 e. The first-order valence-corrected chi connectivity index (χ1v) is 9.37. The van der Waals surface area contributed by atoms with Gasteiger partial charge in [-0.05, 0) is 36.4 Å². The standard InChI is InChI=1S/C17H21N3O5S/c1-24-11-10-20-26(22,23)16-7-5-15(6-8-16)25-13-17(21)19-12-14-4-2-3-9-18-14/h2-9,20H,10-13H2,1H3,(H,19,21). The van der Waals surface area contributed by atoms with E-state index in [2.05, 4.69) is 15.0 Å². The van der Waals surface area contributed by atoms with Crippen LogP contribution in [0.2, 0.25) is 0 Å². The number of amides is 1. The van der Waals surface area contributed by atoms with Gasteiger partial charge in [0.1, 0.15) is 5.75 Å². The molecule has 0 fully saturated rings. The number of sulfonamides is 1. The second kappa shape index (κ2) is 9.85. The predicted molar refractivity (Wildman–Crippen MR) is 95.1 cm³/mol. The van der Waals surface area contributed by atoms with Gasteiger partial charge in [-0.15, -0.1) is 0 Å². The number of carbonyl (C=O) groups is 1. The van der Waals surface area contributed by atoms with Crippen molar-refractivity contribution in [3.8, 4) is 5.75 Å². The van der Waals surface area contributed by atoms with Crippen LogP contribution in [-0.2, 0) is 26.1 Å². The van der Waals surface area contributed by atoms with Crippen LogP contribution in [0.25, 0.3) is 0 Å². The number of ether oxygens (including phenoxy) is 2. The van der Waals surface area contributed by atoms with Gasteiger partial charge in [0.15, 0.2) is 6.61 Å². The lowest BCUT2D eigenvalue weighted by Gasteiger charge is -2.09. The Labute approximate surface area is 152 Å². The van der Waals surface area contributed by atoms with E-state index in [0.717, 1.165) is 5.69 Å². The number of nitrogens with zero attached hydrogens (tertiary/aromatic N) is 1. The fourth-order valence-corrected chi connectivity index (χ4v) is 2.98. The third kappa shape index (κ3) is 6.43. The zero-order chi connectivity index (χ0) is 18.8. The van der Waals surface area contributed by atoms with E-state index in [1.807, 2.05) is 6.07 Å². The second-order valence-electron chi connectivity index (χ2n) is 5.25. The summed E-state index contributed by atoms with van der Waals surface area (Å²) < 4.78 is 36.6. The zero-order valence-corrected chi connectivity index (χ0v) is 15.2. The molecule has 1 aromatic carbocycles. The van der Waals surface area contributed by atoms with E-state index in [1.54, 1.807) is 18.3 Å². The molecule has 0 saturated heterocycles. The molecular formula is C17H21N3O5S. The molecule has 0 bridgehead atoms. The van der Waals surface area contributed by atoms with Crippen molar-refractivity contribution in [2.45, 2.75) is 11.4 Å². The largest absolute Gasteiger partial charge is 0.484 e. The van der Waals surface area contributed by atoms with Crippen molar-refractivity contribution in [3.63, 3.8) is 0 Å². The average Bonchev–Trinajstić information content (AvgIpc) is 2.66. The summed E-state index contributed by atoms with van der Waals surface area (Å²) in [4.78, 5) is 16.0. The topological polar surface area (TPSA) is 107 Å². The summed E-state index contributed by atoms with van der Waals surface area (Å²) in [5, 5.41) is 2.69. The summed E-state index contributed by atoms with van der Waals surface area (Å²) in [6, 6.07) is 11.3. The molecule has 8 nitrogen and oxygen atoms in total. The van der Waals surface area contributed by atoms with Crippen LogP contribution in [0.3, 0.4) is 0 Å². The van der Waals surface area contributed by atoms with Crippen molar-refractivity contribution in [2.24, 2.45) is 0 Å². The molecule has 1 heterocycles. The fraction of sp³-hybridized carbons (Fsp3) is 0.294. The monoisotopic (exact) mass is 379 g/mol. The molecule has 0 aliphatic rings. The number of hydrogen-bond acceptors (Lipinski definition) is 6. The zero-order valence-electron chi connectivity index (χ0n) is 14.3. The van der Waals surface area contributed by atoms with Crippen LogP contribution in [0.4, 0.5) is 0 Å². The van der Waals surface area contributed by atoms with E-state index in [9.17, 15) is 13.2 Å². The fourth-order valence-electron chi connectivity index (χ4n) is 1.97. The molecule has 0 radical (unpaired) electrons. The first-order chi connectivity index (χ1) is 12.5. The van der Waals surface area contributed by atoms with Gasteiger partial charge in [0.05, 0.1) is 23.7 Å². The quantitative estimate of drug-likeness (QED) is 0.589. The molecule has 0 saturated carbocycles. The first-order valence-electron chi connectivity index (χ1n) is 7.89. The maximum atomic E-state index is 12.0. The highest BCUT2D eigenvalue weighted by molar-refractivity contribution is 7.89. The van der Waals surface area contributed by atoms with Crippen molar-refractivity contribution in [1.29, 1.82) is 0 Å². The summed E-state index contributed by atoms with van der Waals surface area (Å²) >= 11 is 0. The molecule has 0 aliphatic carbocycles. The summed E-state index contributed by atoms with van der Waals surface area (Å²) in [5.74, 6) is 0.0995. The van der Waals surface area contributed by atoms with E-state index in [-0.39, 0.29) is 30.6 Å². The van der Waals surface area contributed by atoms with Crippen LogP contribution in [0.5, 0.6) is 5.75 Å². The van der Waals surface area contributed by atoms with E-state index in [0.29, 0.717) is 12.3 Å². The van der Waals surface area contributed by atoms with E-state index in [1.165, 1.54) is 31.4 Å². The highest BCUT2D eigenvalue weighted by atomic mass is 32.2. The molecule has 0 aliphatic heterocycles. The number of rotatable bonds is 10. The molecular weight excluding hydrogens is 358 g/mol. The number of nitrogens with one attached hydrogen (secondary N) is 2. The van der Waals surface area contributed by atoms with Crippen molar-refractivity contribution < 1.29 is 22.7 Å². The number of benzene rings is 1. The highest BCUT2D eigenvalue weighted by Gasteiger charge is 2.13. The van der Waals surface area contributed by atoms with E-state index < -0.39 is 10.0 Å². The van der Waals surface area contributed by atoms with Crippen molar-refractivity contribution in [3.05, 3.63) is 54.4 Å². The molecule has 26 heavy (non-hydrogen) atoms. The SMILES string of the molecule is COCCNS(=O)(=O)c1ccc(OCC(=O)NCc2ccccn2)cc1. The Morgan fingerprint density at radius 2 is 1.92 bits per heavy atom. The average molecular weight is 379 g/mol. The number of methoxy groups -OCH3 is 1. The molecule has 0 atom stereocenters. The van der Waals surface area contributed by atoms with Crippen molar-refractivity contribution in [1.82, 2.24) is 15.0 Å². The Bertz CT molecular complexity index is 795. The summed E-state index contributed by atoms with van der Waals surface area (Å²) in [7, 11) is -2.10. The third-order valence-electron chi connectivity index (χ3n) is 3.30. The molecule has 0 spiro atoms. The highest BCUT2D eigenvalue weighted by Crippen LogP contribution is 2.15. The molecule has 2 N–H and O–H groups in total. The first kappa shape index (κ1) is 19.8. The van der Waals surface area contributed by atoms with Gasteiger partial charge in [-0.3, -0.25) is 9.78 Å². The summed E-state index contributed by atoms with van der Waals surface area (Å²) in [6.45, 7) is 0.611. The number of aromatic nitrogens is 1. The van der Waals surface area contributed by atoms with Gasteiger partial charge in [0.25, 0.3) is 5.91 Å². The smallest absolute Gasteiger partial charge is 0.258 e. The van der Waals surface area contributed by atoms with Gasteiger partial charge in [-0.1, -0.05) is 6.07 Å². The summed E-state index contributed by atoms with van der Waals surface area (Å²) in [5.41, 5.74) is 0.747. The van der Waals surface area contributed by atoms with Crippen LogP contribution < -0.4 is 14.8 Å². The Balaban J connectivity index is 1.80. The van der Waals surface area contributed by atoms with Gasteiger partial charge in [-0.25, -0.2) is 13.1 Å². The van der Waals surface area contributed by atoms with E-state index >= 15 is 0 Å². The van der Waals surface area contributed by atoms with Gasteiger partial charge in [0, 0.05) is 19.9 Å². The molecule has 2 aromatic rings. The number of carbonyl (C=O) groups excluding carboxylic acids is 1. The van der Waals surface area contributed by atoms with Crippen LogP contribution in [0.1, 0.15) is 5.69 Å². The Hall–Kier alpha value is -2.49. The van der Waals surface area contributed by atoms with Crippen LogP contribution in [0, 0.1) is 0 Å². The maximum Gasteiger partial charge on any atom is 0.258 e.